The van der Waals surface area contributed by atoms with Crippen molar-refractivity contribution in [1.82, 2.24) is 0 Å². The molecule has 1 saturated carbocycles. The topological polar surface area (TPSA) is 52.3 Å². The Kier molecular flexibility index (Phi) is 5.91. The molecule has 0 saturated heterocycles. The lowest BCUT2D eigenvalue weighted by molar-refractivity contribution is -0.150. The van der Waals surface area contributed by atoms with Gasteiger partial charge >= 0.3 is 5.97 Å². The average molecular weight is 267 g/mol. The number of nitrogens with two attached hydrogens (primary N) is 1. The molecule has 0 heterocycles. The maximum absolute atomic E-state index is 13.3. The Labute approximate surface area is 105 Å². The second-order valence-corrected chi connectivity index (χ2v) is 4.80. The van der Waals surface area contributed by atoms with Gasteiger partial charge in [-0.1, -0.05) is 19.3 Å². The van der Waals surface area contributed by atoms with Crippen LogP contribution in [-0.4, -0.2) is 31.7 Å². The van der Waals surface area contributed by atoms with Crippen LogP contribution in [0.5, 0.6) is 0 Å². The number of methoxy groups -OCH3 is 1. The lowest BCUT2D eigenvalue weighted by Crippen LogP contribution is -2.49. The largest absolute Gasteiger partial charge is 0.469 e. The van der Waals surface area contributed by atoms with Gasteiger partial charge in [0.15, 0.2) is 6.17 Å². The fourth-order valence-electron chi connectivity index (χ4n) is 2.66. The number of rotatable bonds is 5. The first-order chi connectivity index (χ1) is 8.49. The first-order valence-corrected chi connectivity index (χ1v) is 6.24. The van der Waals surface area contributed by atoms with E-state index in [9.17, 15) is 18.0 Å². The van der Waals surface area contributed by atoms with Crippen LogP contribution in [-0.2, 0) is 9.53 Å². The van der Waals surface area contributed by atoms with Crippen LogP contribution in [0.2, 0.25) is 0 Å². The zero-order chi connectivity index (χ0) is 13.7. The first-order valence-electron chi connectivity index (χ1n) is 6.24. The summed E-state index contributed by atoms with van der Waals surface area (Å²) in [5.41, 5.74) is 5.51. The van der Waals surface area contributed by atoms with Crippen LogP contribution in [0.1, 0.15) is 32.1 Å². The summed E-state index contributed by atoms with van der Waals surface area (Å²) in [5, 5.41) is 0. The minimum atomic E-state index is -3.17. The molecule has 0 spiro atoms. The molecule has 3 nitrogen and oxygen atoms in total. The summed E-state index contributed by atoms with van der Waals surface area (Å²) in [6.45, 7) is 0. The molecule has 0 aromatic rings. The Hall–Kier alpha value is -0.780. The summed E-state index contributed by atoms with van der Waals surface area (Å²) in [7, 11) is 1.17. The van der Waals surface area contributed by atoms with Crippen LogP contribution >= 0.6 is 0 Å². The molecule has 0 aliphatic heterocycles. The second kappa shape index (κ2) is 6.97. The minimum absolute atomic E-state index is 0.154. The van der Waals surface area contributed by atoms with E-state index in [1.54, 1.807) is 0 Å². The molecule has 1 rings (SSSR count). The minimum Gasteiger partial charge on any atom is -0.469 e. The molecular weight excluding hydrogens is 247 g/mol. The van der Waals surface area contributed by atoms with Crippen molar-refractivity contribution in [2.24, 2.45) is 17.6 Å². The molecule has 0 aromatic heterocycles. The van der Waals surface area contributed by atoms with Gasteiger partial charge in [0.25, 0.3) is 6.43 Å². The highest BCUT2D eigenvalue weighted by molar-refractivity contribution is 5.73. The van der Waals surface area contributed by atoms with Crippen molar-refractivity contribution in [2.75, 3.05) is 7.11 Å². The molecule has 6 heteroatoms. The number of alkyl halides is 3. The average Bonchev–Trinajstić information content (AvgIpc) is 2.38. The van der Waals surface area contributed by atoms with E-state index in [0.717, 1.165) is 19.3 Å². The molecule has 106 valence electrons. The maximum atomic E-state index is 13.3. The molecule has 1 aliphatic carbocycles. The van der Waals surface area contributed by atoms with Crippen molar-refractivity contribution in [3.8, 4) is 0 Å². The summed E-state index contributed by atoms with van der Waals surface area (Å²) in [4.78, 5) is 11.7. The summed E-state index contributed by atoms with van der Waals surface area (Å²) in [6.07, 6.45) is -1.36. The van der Waals surface area contributed by atoms with Gasteiger partial charge < -0.3 is 10.5 Å². The summed E-state index contributed by atoms with van der Waals surface area (Å²) in [5.74, 6) is -1.81. The van der Waals surface area contributed by atoms with Gasteiger partial charge in [-0.05, 0) is 18.8 Å². The number of hydrogen-bond donors (Lipinski definition) is 1. The Bertz CT molecular complexity index is 270. The molecule has 0 aromatic carbocycles. The van der Waals surface area contributed by atoms with Crippen molar-refractivity contribution < 1.29 is 22.7 Å². The standard InChI is InChI=1S/C12H20F3NO2/c1-18-12(17)8(7-5-3-2-4-6-7)10(16)9(13)11(14)15/h7-11H,2-6,16H2,1H3. The first kappa shape index (κ1) is 15.3. The number of carbonyl (C=O) groups is 1. The zero-order valence-corrected chi connectivity index (χ0v) is 10.5. The van der Waals surface area contributed by atoms with E-state index < -0.39 is 30.5 Å². The molecule has 1 aliphatic rings. The fourth-order valence-corrected chi connectivity index (χ4v) is 2.66. The van der Waals surface area contributed by atoms with Crippen molar-refractivity contribution in [3.05, 3.63) is 0 Å². The Morgan fingerprint density at radius 2 is 1.78 bits per heavy atom. The molecular formula is C12H20F3NO2. The van der Waals surface area contributed by atoms with E-state index in [1.165, 1.54) is 7.11 Å². The fraction of sp³-hybridized carbons (Fsp3) is 0.917. The highest BCUT2D eigenvalue weighted by Gasteiger charge is 2.41. The smallest absolute Gasteiger partial charge is 0.310 e. The predicted octanol–water partition coefficient (Wildman–Crippen LogP) is 2.29. The molecule has 0 radical (unpaired) electrons. The van der Waals surface area contributed by atoms with E-state index in [-0.39, 0.29) is 5.92 Å². The predicted molar refractivity (Wildman–Crippen MR) is 61.0 cm³/mol. The third-order valence-electron chi connectivity index (χ3n) is 3.65. The van der Waals surface area contributed by atoms with E-state index in [4.69, 9.17) is 5.73 Å². The third-order valence-corrected chi connectivity index (χ3v) is 3.65. The molecule has 3 atom stereocenters. The van der Waals surface area contributed by atoms with E-state index in [1.807, 2.05) is 0 Å². The number of halogens is 3. The van der Waals surface area contributed by atoms with Crippen molar-refractivity contribution in [3.63, 3.8) is 0 Å². The van der Waals surface area contributed by atoms with Crippen molar-refractivity contribution in [1.29, 1.82) is 0 Å². The molecule has 0 amide bonds. The summed E-state index contributed by atoms with van der Waals surface area (Å²) in [6, 6.07) is -1.50. The van der Waals surface area contributed by atoms with Gasteiger partial charge in [0.2, 0.25) is 0 Å². The highest BCUT2D eigenvalue weighted by atomic mass is 19.3. The SMILES string of the molecule is COC(=O)C(C1CCCCC1)C(N)C(F)C(F)F. The lowest BCUT2D eigenvalue weighted by Gasteiger charge is -2.33. The van der Waals surface area contributed by atoms with Crippen LogP contribution in [0.25, 0.3) is 0 Å². The second-order valence-electron chi connectivity index (χ2n) is 4.80. The maximum Gasteiger partial charge on any atom is 0.310 e. The quantitative estimate of drug-likeness (QED) is 0.777. The van der Waals surface area contributed by atoms with Gasteiger partial charge in [0.1, 0.15) is 0 Å². The summed E-state index contributed by atoms with van der Waals surface area (Å²) >= 11 is 0. The van der Waals surface area contributed by atoms with Gasteiger partial charge in [0.05, 0.1) is 19.1 Å². The molecule has 0 bridgehead atoms. The van der Waals surface area contributed by atoms with Gasteiger partial charge in [-0.15, -0.1) is 0 Å². The molecule has 2 N–H and O–H groups in total. The molecule has 18 heavy (non-hydrogen) atoms. The van der Waals surface area contributed by atoms with Crippen LogP contribution in [0.4, 0.5) is 13.2 Å². The number of carbonyl (C=O) groups excluding carboxylic acids is 1. The van der Waals surface area contributed by atoms with Crippen LogP contribution in [0, 0.1) is 11.8 Å². The normalized spacial score (nSPS) is 22.6. The molecule has 3 unspecified atom stereocenters. The van der Waals surface area contributed by atoms with E-state index in [0.29, 0.717) is 12.8 Å². The van der Waals surface area contributed by atoms with Gasteiger partial charge in [-0.25, -0.2) is 13.2 Å². The number of esters is 1. The van der Waals surface area contributed by atoms with Crippen LogP contribution in [0.15, 0.2) is 0 Å². The van der Waals surface area contributed by atoms with E-state index >= 15 is 0 Å². The lowest BCUT2D eigenvalue weighted by atomic mass is 9.75. The monoisotopic (exact) mass is 267 g/mol. The third kappa shape index (κ3) is 3.60. The number of hydrogen-bond acceptors (Lipinski definition) is 3. The van der Waals surface area contributed by atoms with Gasteiger partial charge in [-0.3, -0.25) is 4.79 Å². The van der Waals surface area contributed by atoms with Gasteiger partial charge in [-0.2, -0.15) is 0 Å². The Morgan fingerprint density at radius 1 is 1.22 bits per heavy atom. The van der Waals surface area contributed by atoms with Crippen molar-refractivity contribution in [2.45, 2.75) is 50.7 Å². The van der Waals surface area contributed by atoms with Crippen molar-refractivity contribution >= 4 is 5.97 Å². The zero-order valence-electron chi connectivity index (χ0n) is 10.5. The van der Waals surface area contributed by atoms with Crippen LogP contribution in [0.3, 0.4) is 0 Å². The Balaban J connectivity index is 2.79. The highest BCUT2D eigenvalue weighted by Crippen LogP contribution is 2.34. The van der Waals surface area contributed by atoms with Gasteiger partial charge in [0, 0.05) is 0 Å². The molecule has 1 fully saturated rings. The number of ether oxygens (including phenoxy) is 1. The van der Waals surface area contributed by atoms with E-state index in [2.05, 4.69) is 4.74 Å². The van der Waals surface area contributed by atoms with Crippen LogP contribution < -0.4 is 5.73 Å². The summed E-state index contributed by atoms with van der Waals surface area (Å²) < 4.78 is 42.7. The Morgan fingerprint density at radius 3 is 2.22 bits per heavy atom.